The molecule has 0 aliphatic heterocycles. The fourth-order valence-corrected chi connectivity index (χ4v) is 4.40. The third kappa shape index (κ3) is 3.81. The van der Waals surface area contributed by atoms with Crippen LogP contribution in [-0.2, 0) is 6.18 Å². The smallest absolute Gasteiger partial charge is 0.338 e. The SMILES string of the molecule is Fc1ccc2[nH]c(-c3cc(-c4cccn5c(-c6cccc(F)c6F)cnc45)ccc3C(F)(F)F)nc2c1. The van der Waals surface area contributed by atoms with Gasteiger partial charge in [0.15, 0.2) is 11.6 Å². The lowest BCUT2D eigenvalue weighted by atomic mass is 9.98. The van der Waals surface area contributed by atoms with Crippen molar-refractivity contribution in [3.8, 4) is 33.8 Å². The number of halogens is 6. The number of pyridine rings is 1. The second-order valence-electron chi connectivity index (χ2n) is 8.37. The maximum Gasteiger partial charge on any atom is 0.417 e. The number of H-pyrrole nitrogens is 1. The summed E-state index contributed by atoms with van der Waals surface area (Å²) in [4.78, 5) is 11.4. The summed E-state index contributed by atoms with van der Waals surface area (Å²) in [5.41, 5.74) is 0.865. The maximum absolute atomic E-state index is 14.5. The zero-order chi connectivity index (χ0) is 25.9. The Kier molecular flexibility index (Phi) is 5.08. The number of rotatable bonds is 3. The summed E-state index contributed by atoms with van der Waals surface area (Å²) in [6.07, 6.45) is -1.71. The van der Waals surface area contributed by atoms with Crippen molar-refractivity contribution in [1.29, 1.82) is 0 Å². The largest absolute Gasteiger partial charge is 0.417 e. The highest BCUT2D eigenvalue weighted by Gasteiger charge is 2.35. The Hall–Kier alpha value is -4.60. The molecule has 37 heavy (non-hydrogen) atoms. The van der Waals surface area contributed by atoms with Gasteiger partial charge in [-0.3, -0.25) is 4.40 Å². The Bertz CT molecular complexity index is 1820. The molecule has 0 aliphatic rings. The van der Waals surface area contributed by atoms with E-state index in [9.17, 15) is 26.3 Å². The zero-order valence-electron chi connectivity index (χ0n) is 18.6. The van der Waals surface area contributed by atoms with Crippen LogP contribution in [0, 0.1) is 17.5 Å². The Morgan fingerprint density at radius 3 is 2.43 bits per heavy atom. The van der Waals surface area contributed by atoms with Crippen LogP contribution in [0.25, 0.3) is 50.5 Å². The molecule has 0 saturated heterocycles. The van der Waals surface area contributed by atoms with Crippen molar-refractivity contribution in [2.45, 2.75) is 6.18 Å². The van der Waals surface area contributed by atoms with Gasteiger partial charge in [-0.15, -0.1) is 0 Å². The number of fused-ring (bicyclic) bond motifs is 2. The van der Waals surface area contributed by atoms with Crippen LogP contribution in [0.2, 0.25) is 0 Å². The topological polar surface area (TPSA) is 46.0 Å². The van der Waals surface area contributed by atoms with Gasteiger partial charge in [0.05, 0.1) is 28.5 Å². The summed E-state index contributed by atoms with van der Waals surface area (Å²) >= 11 is 0. The van der Waals surface area contributed by atoms with Crippen LogP contribution in [0.15, 0.2) is 79.1 Å². The molecule has 10 heteroatoms. The van der Waals surface area contributed by atoms with Crippen molar-refractivity contribution in [3.63, 3.8) is 0 Å². The minimum absolute atomic E-state index is 0.00716. The lowest BCUT2D eigenvalue weighted by Gasteiger charge is -2.14. The maximum atomic E-state index is 14.5. The van der Waals surface area contributed by atoms with E-state index < -0.39 is 29.2 Å². The molecule has 6 aromatic rings. The fraction of sp³-hybridized carbons (Fsp3) is 0.0370. The average Bonchev–Trinajstić information content (AvgIpc) is 3.49. The number of nitrogens with one attached hydrogen (secondary N) is 1. The highest BCUT2D eigenvalue weighted by atomic mass is 19.4. The van der Waals surface area contributed by atoms with Gasteiger partial charge in [-0.25, -0.2) is 23.1 Å². The standard InChI is InChI=1S/C27H14F6N4/c28-15-7-9-21-22(12-15)36-25(35-21)18-11-14(6-8-19(18)27(31,32)33)16-4-2-10-37-23(13-34-26(16)37)17-3-1-5-20(29)24(17)30/h1-13H,(H,35,36). The summed E-state index contributed by atoms with van der Waals surface area (Å²) in [7, 11) is 0. The molecular weight excluding hydrogens is 494 g/mol. The fourth-order valence-electron chi connectivity index (χ4n) is 4.40. The summed E-state index contributed by atoms with van der Waals surface area (Å²) in [5.74, 6) is -2.69. The van der Waals surface area contributed by atoms with Crippen LogP contribution >= 0.6 is 0 Å². The van der Waals surface area contributed by atoms with Gasteiger partial charge in [0.25, 0.3) is 0 Å². The molecule has 6 rings (SSSR count). The van der Waals surface area contributed by atoms with E-state index in [0.29, 0.717) is 22.3 Å². The van der Waals surface area contributed by atoms with Crippen molar-refractivity contribution in [1.82, 2.24) is 19.4 Å². The molecule has 0 bridgehead atoms. The van der Waals surface area contributed by atoms with Crippen molar-refractivity contribution < 1.29 is 26.3 Å². The van der Waals surface area contributed by atoms with Crippen molar-refractivity contribution in [2.75, 3.05) is 0 Å². The normalized spacial score (nSPS) is 12.1. The van der Waals surface area contributed by atoms with E-state index in [1.807, 2.05) is 0 Å². The molecular formula is C27H14F6N4. The van der Waals surface area contributed by atoms with E-state index >= 15 is 0 Å². The minimum atomic E-state index is -4.68. The number of nitrogens with zero attached hydrogens (tertiary/aromatic N) is 3. The summed E-state index contributed by atoms with van der Waals surface area (Å²) in [6, 6.07) is 14.4. The number of hydrogen-bond donors (Lipinski definition) is 1. The van der Waals surface area contributed by atoms with E-state index in [-0.39, 0.29) is 28.2 Å². The third-order valence-corrected chi connectivity index (χ3v) is 6.10. The Morgan fingerprint density at radius 2 is 1.62 bits per heavy atom. The quantitative estimate of drug-likeness (QED) is 0.250. The average molecular weight is 508 g/mol. The van der Waals surface area contributed by atoms with Gasteiger partial charge in [0.2, 0.25) is 0 Å². The number of aromatic amines is 1. The third-order valence-electron chi connectivity index (χ3n) is 6.10. The van der Waals surface area contributed by atoms with Crippen LogP contribution in [0.3, 0.4) is 0 Å². The number of alkyl halides is 3. The summed E-state index contributed by atoms with van der Waals surface area (Å²) < 4.78 is 85.2. The summed E-state index contributed by atoms with van der Waals surface area (Å²) in [5, 5.41) is 0. The molecule has 3 aromatic carbocycles. The zero-order valence-corrected chi connectivity index (χ0v) is 18.6. The Balaban J connectivity index is 1.54. The van der Waals surface area contributed by atoms with E-state index in [0.717, 1.165) is 18.2 Å². The van der Waals surface area contributed by atoms with Gasteiger partial charge in [0, 0.05) is 29.0 Å². The van der Waals surface area contributed by atoms with Gasteiger partial charge in [-0.2, -0.15) is 13.2 Å². The first kappa shape index (κ1) is 22.8. The lowest BCUT2D eigenvalue weighted by molar-refractivity contribution is -0.137. The van der Waals surface area contributed by atoms with Gasteiger partial charge >= 0.3 is 6.18 Å². The lowest BCUT2D eigenvalue weighted by Crippen LogP contribution is -2.08. The molecule has 0 fully saturated rings. The second kappa shape index (κ2) is 8.22. The van der Waals surface area contributed by atoms with Gasteiger partial charge in [0.1, 0.15) is 17.3 Å². The predicted octanol–water partition coefficient (Wildman–Crippen LogP) is 7.65. The Labute approximate surface area is 204 Å². The first-order valence-corrected chi connectivity index (χ1v) is 11.0. The first-order valence-electron chi connectivity index (χ1n) is 11.0. The molecule has 0 radical (unpaired) electrons. The molecule has 3 heterocycles. The molecule has 4 nitrogen and oxygen atoms in total. The molecule has 184 valence electrons. The molecule has 3 aromatic heterocycles. The van der Waals surface area contributed by atoms with Crippen molar-refractivity contribution in [3.05, 3.63) is 102 Å². The molecule has 0 saturated carbocycles. The highest BCUT2D eigenvalue weighted by molar-refractivity contribution is 5.85. The van der Waals surface area contributed by atoms with Crippen LogP contribution in [-0.4, -0.2) is 19.4 Å². The number of imidazole rings is 2. The van der Waals surface area contributed by atoms with E-state index in [4.69, 9.17) is 0 Å². The van der Waals surface area contributed by atoms with Crippen LogP contribution in [0.4, 0.5) is 26.3 Å². The van der Waals surface area contributed by atoms with Crippen LogP contribution < -0.4 is 0 Å². The first-order chi connectivity index (χ1) is 17.7. The summed E-state index contributed by atoms with van der Waals surface area (Å²) in [6.45, 7) is 0. The minimum Gasteiger partial charge on any atom is -0.338 e. The van der Waals surface area contributed by atoms with E-state index in [2.05, 4.69) is 15.0 Å². The molecule has 0 spiro atoms. The number of hydrogen-bond acceptors (Lipinski definition) is 2. The molecule has 0 atom stereocenters. The molecule has 0 amide bonds. The van der Waals surface area contributed by atoms with Gasteiger partial charge in [-0.1, -0.05) is 12.1 Å². The van der Waals surface area contributed by atoms with Crippen molar-refractivity contribution >= 4 is 16.7 Å². The Morgan fingerprint density at radius 1 is 0.811 bits per heavy atom. The van der Waals surface area contributed by atoms with E-state index in [1.54, 1.807) is 18.3 Å². The molecule has 0 aliphatic carbocycles. The van der Waals surface area contributed by atoms with Gasteiger partial charge in [-0.05, 0) is 54.1 Å². The predicted molar refractivity (Wildman–Crippen MR) is 126 cm³/mol. The number of benzene rings is 3. The van der Waals surface area contributed by atoms with Gasteiger partial charge < -0.3 is 4.98 Å². The highest BCUT2D eigenvalue weighted by Crippen LogP contribution is 2.40. The van der Waals surface area contributed by atoms with E-state index in [1.165, 1.54) is 47.0 Å². The van der Waals surface area contributed by atoms with Crippen molar-refractivity contribution in [2.24, 2.45) is 0 Å². The van der Waals surface area contributed by atoms with Crippen LogP contribution in [0.1, 0.15) is 5.56 Å². The number of aromatic nitrogens is 4. The monoisotopic (exact) mass is 508 g/mol. The second-order valence-corrected chi connectivity index (χ2v) is 8.37. The van der Waals surface area contributed by atoms with Crippen LogP contribution in [0.5, 0.6) is 0 Å². The molecule has 1 N–H and O–H groups in total. The molecule has 0 unspecified atom stereocenters.